The molecule has 0 unspecified atom stereocenters. The number of piperidine rings is 1. The van der Waals surface area contributed by atoms with Crippen LogP contribution in [0.5, 0.6) is 0 Å². The Morgan fingerprint density at radius 2 is 1.83 bits per heavy atom. The molecule has 1 N–H and O–H groups in total. The SMILES string of the molecule is Cc1cc(NC(=O)C2CCN(S(=O)(=O)c3ccc(F)cc3)CC2)n(-c2nc3c(C)ccc(Cl)c3s2)n1. The van der Waals surface area contributed by atoms with Crippen molar-refractivity contribution < 1.29 is 17.6 Å². The van der Waals surface area contributed by atoms with E-state index < -0.39 is 15.8 Å². The van der Waals surface area contributed by atoms with E-state index in [1.54, 1.807) is 10.7 Å². The van der Waals surface area contributed by atoms with Crippen LogP contribution < -0.4 is 5.32 Å². The number of rotatable bonds is 5. The highest BCUT2D eigenvalue weighted by Crippen LogP contribution is 2.34. The second kappa shape index (κ2) is 9.55. The van der Waals surface area contributed by atoms with Gasteiger partial charge in [-0.3, -0.25) is 4.79 Å². The summed E-state index contributed by atoms with van der Waals surface area (Å²) in [6.45, 7) is 4.19. The van der Waals surface area contributed by atoms with Crippen LogP contribution in [0.2, 0.25) is 5.02 Å². The zero-order valence-corrected chi connectivity index (χ0v) is 21.9. The number of fused-ring (bicyclic) bond motifs is 1. The minimum Gasteiger partial charge on any atom is -0.310 e. The van der Waals surface area contributed by atoms with Crippen LogP contribution in [0.15, 0.2) is 47.4 Å². The Bertz CT molecular complexity index is 1520. The smallest absolute Gasteiger partial charge is 0.243 e. The van der Waals surface area contributed by atoms with Crippen molar-refractivity contribution in [1.82, 2.24) is 19.1 Å². The summed E-state index contributed by atoms with van der Waals surface area (Å²) >= 11 is 7.75. The maximum Gasteiger partial charge on any atom is 0.243 e. The fourth-order valence-corrected chi connectivity index (χ4v) is 7.01. The van der Waals surface area contributed by atoms with Gasteiger partial charge < -0.3 is 5.32 Å². The first-order chi connectivity index (χ1) is 17.1. The average Bonchev–Trinajstić information content (AvgIpc) is 3.46. The molecule has 2 aromatic heterocycles. The largest absolute Gasteiger partial charge is 0.310 e. The van der Waals surface area contributed by atoms with Crippen LogP contribution in [0.25, 0.3) is 15.3 Å². The van der Waals surface area contributed by atoms with Gasteiger partial charge in [0.1, 0.15) is 11.6 Å². The molecular formula is C24H23ClFN5O3S2. The number of amides is 1. The molecule has 1 amide bonds. The van der Waals surface area contributed by atoms with Gasteiger partial charge in [-0.05, 0) is 62.6 Å². The van der Waals surface area contributed by atoms with Crippen LogP contribution in [0, 0.1) is 25.6 Å². The Morgan fingerprint density at radius 1 is 1.14 bits per heavy atom. The first-order valence-electron chi connectivity index (χ1n) is 11.3. The Hall–Kier alpha value is -2.86. The van der Waals surface area contributed by atoms with E-state index >= 15 is 0 Å². The van der Waals surface area contributed by atoms with E-state index in [4.69, 9.17) is 16.6 Å². The first kappa shape index (κ1) is 24.8. The van der Waals surface area contributed by atoms with Gasteiger partial charge in [0.25, 0.3) is 0 Å². The molecule has 8 nitrogen and oxygen atoms in total. The van der Waals surface area contributed by atoms with Crippen LogP contribution in [0.1, 0.15) is 24.1 Å². The van der Waals surface area contributed by atoms with E-state index in [1.165, 1.54) is 27.8 Å². The second-order valence-electron chi connectivity index (χ2n) is 8.74. The van der Waals surface area contributed by atoms with Crippen LogP contribution in [0.4, 0.5) is 10.2 Å². The maximum absolute atomic E-state index is 13.2. The number of aryl methyl sites for hydroxylation is 2. The van der Waals surface area contributed by atoms with Gasteiger partial charge in [0.15, 0.2) is 0 Å². The summed E-state index contributed by atoms with van der Waals surface area (Å²) in [4.78, 5) is 17.8. The monoisotopic (exact) mass is 547 g/mol. The molecule has 12 heteroatoms. The molecule has 1 saturated heterocycles. The Kier molecular flexibility index (Phi) is 6.58. The zero-order valence-electron chi connectivity index (χ0n) is 19.5. The van der Waals surface area contributed by atoms with Gasteiger partial charge in [-0.1, -0.05) is 29.0 Å². The van der Waals surface area contributed by atoms with E-state index in [0.29, 0.717) is 34.5 Å². The molecule has 1 aliphatic heterocycles. The summed E-state index contributed by atoms with van der Waals surface area (Å²) in [7, 11) is -3.74. The lowest BCUT2D eigenvalue weighted by molar-refractivity contribution is -0.120. The van der Waals surface area contributed by atoms with E-state index in [2.05, 4.69) is 10.4 Å². The number of aromatic nitrogens is 3. The molecule has 0 aliphatic carbocycles. The molecule has 0 saturated carbocycles. The number of nitrogens with zero attached hydrogens (tertiary/aromatic N) is 4. The van der Waals surface area contributed by atoms with Gasteiger partial charge in [0.2, 0.25) is 21.1 Å². The third-order valence-electron chi connectivity index (χ3n) is 6.23. The Morgan fingerprint density at radius 3 is 2.50 bits per heavy atom. The van der Waals surface area contributed by atoms with Gasteiger partial charge in [-0.2, -0.15) is 14.1 Å². The number of hydrogen-bond acceptors (Lipinski definition) is 6. The van der Waals surface area contributed by atoms with Crippen molar-refractivity contribution in [2.45, 2.75) is 31.6 Å². The highest BCUT2D eigenvalue weighted by atomic mass is 35.5. The van der Waals surface area contributed by atoms with Crippen LogP contribution >= 0.6 is 22.9 Å². The minimum absolute atomic E-state index is 0.0392. The Labute approximate surface area is 216 Å². The quantitative estimate of drug-likeness (QED) is 0.382. The number of anilines is 1. The standard InChI is InChI=1S/C24H23ClFN5O3S2/c1-14-3-8-19(25)22-21(14)28-24(35-22)31-20(13-15(2)29-31)27-23(32)16-9-11-30(12-10-16)36(33,34)18-6-4-17(26)5-7-18/h3-8,13,16H,9-12H2,1-2H3,(H,27,32). The molecule has 1 aliphatic rings. The van der Waals surface area contributed by atoms with Crippen molar-refractivity contribution in [1.29, 1.82) is 0 Å². The predicted octanol–water partition coefficient (Wildman–Crippen LogP) is 4.93. The number of nitrogens with one attached hydrogen (secondary N) is 1. The van der Waals surface area contributed by atoms with Gasteiger partial charge in [-0.15, -0.1) is 0 Å². The summed E-state index contributed by atoms with van der Waals surface area (Å²) in [5.74, 6) is -0.569. The summed E-state index contributed by atoms with van der Waals surface area (Å²) < 4.78 is 42.7. The molecule has 0 radical (unpaired) electrons. The number of sulfonamides is 1. The van der Waals surface area contributed by atoms with E-state index in [9.17, 15) is 17.6 Å². The molecule has 5 rings (SSSR count). The first-order valence-corrected chi connectivity index (χ1v) is 14.0. The normalized spacial score (nSPS) is 15.4. The molecular weight excluding hydrogens is 525 g/mol. The average molecular weight is 548 g/mol. The molecule has 3 heterocycles. The van der Waals surface area contributed by atoms with Crippen molar-refractivity contribution in [2.75, 3.05) is 18.4 Å². The summed E-state index contributed by atoms with van der Waals surface area (Å²) in [5.41, 5.74) is 2.50. The predicted molar refractivity (Wildman–Crippen MR) is 138 cm³/mol. The van der Waals surface area contributed by atoms with Crippen molar-refractivity contribution in [2.24, 2.45) is 5.92 Å². The van der Waals surface area contributed by atoms with E-state index in [0.717, 1.165) is 27.9 Å². The van der Waals surface area contributed by atoms with E-state index in [1.807, 2.05) is 26.0 Å². The molecule has 0 bridgehead atoms. The number of halogens is 2. The second-order valence-corrected chi connectivity index (χ2v) is 12.1. The third-order valence-corrected chi connectivity index (χ3v) is 9.63. The summed E-state index contributed by atoms with van der Waals surface area (Å²) in [5, 5.41) is 8.66. The number of thiazole rings is 1. The zero-order chi connectivity index (χ0) is 25.6. The number of carbonyl (C=O) groups is 1. The number of benzene rings is 2. The molecule has 36 heavy (non-hydrogen) atoms. The summed E-state index contributed by atoms with van der Waals surface area (Å²) in [6.07, 6.45) is 0.741. The van der Waals surface area contributed by atoms with Gasteiger partial charge in [0, 0.05) is 25.1 Å². The third kappa shape index (κ3) is 4.63. The fraction of sp³-hybridized carbons (Fsp3) is 0.292. The van der Waals surface area contributed by atoms with Gasteiger partial charge >= 0.3 is 0 Å². The number of hydrogen-bond donors (Lipinski definition) is 1. The molecule has 0 spiro atoms. The van der Waals surface area contributed by atoms with Gasteiger partial charge in [-0.25, -0.2) is 17.8 Å². The van der Waals surface area contributed by atoms with Crippen LogP contribution in [-0.2, 0) is 14.8 Å². The topological polar surface area (TPSA) is 97.2 Å². The lowest BCUT2D eigenvalue weighted by Crippen LogP contribution is -2.41. The molecule has 4 aromatic rings. The lowest BCUT2D eigenvalue weighted by Gasteiger charge is -2.30. The molecule has 1 fully saturated rings. The molecule has 0 atom stereocenters. The Balaban J connectivity index is 1.30. The minimum atomic E-state index is -3.74. The van der Waals surface area contributed by atoms with Crippen LogP contribution in [-0.4, -0.2) is 46.5 Å². The van der Waals surface area contributed by atoms with Crippen molar-refractivity contribution in [3.63, 3.8) is 0 Å². The lowest BCUT2D eigenvalue weighted by atomic mass is 9.97. The highest BCUT2D eigenvalue weighted by molar-refractivity contribution is 7.89. The van der Waals surface area contributed by atoms with Crippen molar-refractivity contribution in [3.8, 4) is 5.13 Å². The van der Waals surface area contributed by atoms with Crippen molar-refractivity contribution in [3.05, 3.63) is 64.6 Å². The maximum atomic E-state index is 13.2. The van der Waals surface area contributed by atoms with Crippen molar-refractivity contribution >= 4 is 54.9 Å². The highest BCUT2D eigenvalue weighted by Gasteiger charge is 2.32. The molecule has 2 aromatic carbocycles. The fourth-order valence-electron chi connectivity index (χ4n) is 4.26. The number of carbonyl (C=O) groups excluding carboxylic acids is 1. The van der Waals surface area contributed by atoms with E-state index in [-0.39, 0.29) is 29.8 Å². The van der Waals surface area contributed by atoms with Crippen LogP contribution in [0.3, 0.4) is 0 Å². The molecule has 188 valence electrons. The van der Waals surface area contributed by atoms with Gasteiger partial charge in [0.05, 0.1) is 25.8 Å². The summed E-state index contributed by atoms with van der Waals surface area (Å²) in [6, 6.07) is 10.3.